The zero-order chi connectivity index (χ0) is 20.3. The molecule has 0 bridgehead atoms. The molecule has 0 amide bonds. The Balaban J connectivity index is 2.11. The van der Waals surface area contributed by atoms with Gasteiger partial charge in [-0.25, -0.2) is 0 Å². The van der Waals surface area contributed by atoms with Crippen molar-refractivity contribution in [2.75, 3.05) is 20.8 Å². The van der Waals surface area contributed by atoms with Gasteiger partial charge in [0.1, 0.15) is 16.7 Å². The molecule has 0 aliphatic heterocycles. The van der Waals surface area contributed by atoms with Crippen LogP contribution in [0.25, 0.3) is 22.3 Å². The monoisotopic (exact) mass is 386 g/mol. The summed E-state index contributed by atoms with van der Waals surface area (Å²) in [5, 5.41) is 20.6. The Morgan fingerprint density at radius 1 is 1.04 bits per heavy atom. The van der Waals surface area contributed by atoms with Crippen LogP contribution in [-0.4, -0.2) is 31.0 Å². The van der Waals surface area contributed by atoms with Gasteiger partial charge in [0.05, 0.1) is 20.8 Å². The highest BCUT2D eigenvalue weighted by Crippen LogP contribution is 2.42. The fourth-order valence-electron chi connectivity index (χ4n) is 2.86. The Morgan fingerprint density at radius 3 is 2.46 bits per heavy atom. The highest BCUT2D eigenvalue weighted by molar-refractivity contribution is 5.89. The molecular formula is C21H22O7. The van der Waals surface area contributed by atoms with Crippen molar-refractivity contribution in [2.24, 2.45) is 0 Å². The molecule has 7 nitrogen and oxygen atoms in total. The molecule has 0 unspecified atom stereocenters. The number of hydrogen-bond acceptors (Lipinski definition) is 7. The average molecular weight is 386 g/mol. The molecule has 0 saturated carbocycles. The van der Waals surface area contributed by atoms with Crippen molar-refractivity contribution in [3.05, 3.63) is 40.6 Å². The van der Waals surface area contributed by atoms with Crippen LogP contribution in [0.3, 0.4) is 0 Å². The van der Waals surface area contributed by atoms with Crippen molar-refractivity contribution in [2.45, 2.75) is 19.8 Å². The molecule has 0 radical (unpaired) electrons. The Labute approximate surface area is 161 Å². The van der Waals surface area contributed by atoms with Gasteiger partial charge in [0.15, 0.2) is 28.4 Å². The van der Waals surface area contributed by atoms with E-state index in [1.807, 2.05) is 6.92 Å². The molecule has 2 aromatic carbocycles. The molecule has 0 spiro atoms. The van der Waals surface area contributed by atoms with Crippen molar-refractivity contribution >= 4 is 11.0 Å². The molecule has 0 fully saturated rings. The summed E-state index contributed by atoms with van der Waals surface area (Å²) in [6.07, 6.45) is 1.65. The number of unbranched alkanes of at least 4 members (excludes halogenated alkanes) is 1. The Kier molecular flexibility index (Phi) is 5.63. The van der Waals surface area contributed by atoms with Crippen molar-refractivity contribution in [3.63, 3.8) is 0 Å². The van der Waals surface area contributed by atoms with E-state index in [4.69, 9.17) is 18.6 Å². The van der Waals surface area contributed by atoms with Gasteiger partial charge in [0.2, 0.25) is 5.75 Å². The maximum absolute atomic E-state index is 12.7. The molecule has 0 aliphatic carbocycles. The first-order valence-electron chi connectivity index (χ1n) is 8.88. The van der Waals surface area contributed by atoms with Gasteiger partial charge in [0, 0.05) is 17.7 Å². The van der Waals surface area contributed by atoms with Crippen LogP contribution in [0.2, 0.25) is 0 Å². The highest BCUT2D eigenvalue weighted by atomic mass is 16.5. The number of hydrogen-bond donors (Lipinski definition) is 2. The second kappa shape index (κ2) is 8.12. The van der Waals surface area contributed by atoms with Crippen LogP contribution in [0.4, 0.5) is 0 Å². The first kappa shape index (κ1) is 19.4. The van der Waals surface area contributed by atoms with Crippen LogP contribution in [0.5, 0.6) is 28.7 Å². The van der Waals surface area contributed by atoms with Crippen LogP contribution in [0.15, 0.2) is 39.5 Å². The predicted octanol–water partition coefficient (Wildman–Crippen LogP) is 4.07. The summed E-state index contributed by atoms with van der Waals surface area (Å²) in [6, 6.07) is 7.62. The lowest BCUT2D eigenvalue weighted by atomic mass is 10.1. The molecule has 148 valence electrons. The van der Waals surface area contributed by atoms with Gasteiger partial charge >= 0.3 is 0 Å². The minimum atomic E-state index is -0.455. The molecule has 0 saturated heterocycles. The molecule has 28 heavy (non-hydrogen) atoms. The fourth-order valence-corrected chi connectivity index (χ4v) is 2.86. The minimum absolute atomic E-state index is 0.0477. The first-order valence-corrected chi connectivity index (χ1v) is 8.88. The number of methoxy groups -OCH3 is 2. The van der Waals surface area contributed by atoms with Crippen molar-refractivity contribution < 1.29 is 28.8 Å². The molecular weight excluding hydrogens is 364 g/mol. The van der Waals surface area contributed by atoms with Gasteiger partial charge < -0.3 is 28.8 Å². The zero-order valence-corrected chi connectivity index (χ0v) is 15.9. The molecule has 7 heteroatoms. The summed E-state index contributed by atoms with van der Waals surface area (Å²) in [4.78, 5) is 12.7. The third-order valence-corrected chi connectivity index (χ3v) is 4.34. The van der Waals surface area contributed by atoms with E-state index in [0.29, 0.717) is 23.7 Å². The first-order chi connectivity index (χ1) is 13.5. The largest absolute Gasteiger partial charge is 0.504 e. The number of benzene rings is 2. The van der Waals surface area contributed by atoms with Gasteiger partial charge in [-0.15, -0.1) is 0 Å². The number of phenolic OH excluding ortho intramolecular Hbond substituents is 2. The van der Waals surface area contributed by atoms with Crippen molar-refractivity contribution in [1.29, 1.82) is 0 Å². The SMILES string of the molecule is CCCCOc1c(O)cc2oc(-c3ccc(OC)c(OC)c3)cc(=O)c2c1O. The van der Waals surface area contributed by atoms with Crippen molar-refractivity contribution in [1.82, 2.24) is 0 Å². The van der Waals surface area contributed by atoms with E-state index in [9.17, 15) is 15.0 Å². The zero-order valence-electron chi connectivity index (χ0n) is 15.9. The number of phenols is 2. The quantitative estimate of drug-likeness (QED) is 0.591. The molecule has 1 aromatic heterocycles. The van der Waals surface area contributed by atoms with E-state index in [2.05, 4.69) is 0 Å². The van der Waals surface area contributed by atoms with Crippen molar-refractivity contribution in [3.8, 4) is 40.1 Å². The maximum Gasteiger partial charge on any atom is 0.204 e. The van der Waals surface area contributed by atoms with Gasteiger partial charge in [0.25, 0.3) is 0 Å². The lowest BCUT2D eigenvalue weighted by Crippen LogP contribution is -2.03. The predicted molar refractivity (Wildman–Crippen MR) is 105 cm³/mol. The van der Waals surface area contributed by atoms with E-state index in [1.54, 1.807) is 18.2 Å². The summed E-state index contributed by atoms with van der Waals surface area (Å²) < 4.78 is 21.7. The van der Waals surface area contributed by atoms with Crippen LogP contribution in [-0.2, 0) is 0 Å². The Hall–Kier alpha value is -3.35. The molecule has 0 aliphatic rings. The van der Waals surface area contributed by atoms with Crippen LogP contribution < -0.4 is 19.6 Å². The Morgan fingerprint density at radius 2 is 1.79 bits per heavy atom. The van der Waals surface area contributed by atoms with Crippen LogP contribution in [0.1, 0.15) is 19.8 Å². The van der Waals surface area contributed by atoms with E-state index in [-0.39, 0.29) is 28.2 Å². The van der Waals surface area contributed by atoms with Gasteiger partial charge in [-0.05, 0) is 24.6 Å². The van der Waals surface area contributed by atoms with Crippen LogP contribution in [0, 0.1) is 0 Å². The molecule has 3 aromatic rings. The van der Waals surface area contributed by atoms with Gasteiger partial charge in [-0.3, -0.25) is 4.79 Å². The number of rotatable bonds is 7. The van der Waals surface area contributed by atoms with Crippen LogP contribution >= 0.6 is 0 Å². The summed E-state index contributed by atoms with van der Waals surface area (Å²) in [5.41, 5.74) is 0.179. The second-order valence-corrected chi connectivity index (χ2v) is 6.19. The van der Waals surface area contributed by atoms with E-state index < -0.39 is 11.2 Å². The smallest absolute Gasteiger partial charge is 0.204 e. The lowest BCUT2D eigenvalue weighted by molar-refractivity contribution is 0.278. The molecule has 0 atom stereocenters. The number of aromatic hydroxyl groups is 2. The minimum Gasteiger partial charge on any atom is -0.504 e. The van der Waals surface area contributed by atoms with E-state index >= 15 is 0 Å². The standard InChI is InChI=1S/C21H22O7/c1-4-5-8-27-21-14(23)11-18-19(20(21)24)13(22)10-16(28-18)12-6-7-15(25-2)17(9-12)26-3/h6-7,9-11,23-24H,4-5,8H2,1-3H3. The third-order valence-electron chi connectivity index (χ3n) is 4.34. The second-order valence-electron chi connectivity index (χ2n) is 6.19. The van der Waals surface area contributed by atoms with E-state index in [0.717, 1.165) is 12.8 Å². The van der Waals surface area contributed by atoms with E-state index in [1.165, 1.54) is 26.4 Å². The normalized spacial score (nSPS) is 10.8. The maximum atomic E-state index is 12.7. The summed E-state index contributed by atoms with van der Waals surface area (Å²) in [7, 11) is 3.04. The Bertz CT molecular complexity index is 1050. The number of ether oxygens (including phenoxy) is 3. The molecule has 2 N–H and O–H groups in total. The molecule has 3 rings (SSSR count). The number of fused-ring (bicyclic) bond motifs is 1. The topological polar surface area (TPSA) is 98.4 Å². The molecule has 1 heterocycles. The summed E-state index contributed by atoms with van der Waals surface area (Å²) in [6.45, 7) is 2.31. The highest BCUT2D eigenvalue weighted by Gasteiger charge is 2.19. The average Bonchev–Trinajstić information content (AvgIpc) is 2.69. The fraction of sp³-hybridized carbons (Fsp3) is 0.286. The van der Waals surface area contributed by atoms with Gasteiger partial charge in [-0.1, -0.05) is 13.3 Å². The summed E-state index contributed by atoms with van der Waals surface area (Å²) in [5.74, 6) is 0.433. The third kappa shape index (κ3) is 3.55. The lowest BCUT2D eigenvalue weighted by Gasteiger charge is -2.12. The summed E-state index contributed by atoms with van der Waals surface area (Å²) >= 11 is 0. The van der Waals surface area contributed by atoms with Gasteiger partial charge in [-0.2, -0.15) is 0 Å².